The fraction of sp³-hybridized carbons (Fsp3) is 0.303. The number of allylic oxidation sites excluding steroid dienone is 6. The maximum Gasteiger partial charge on any atom is 0.238 e. The Morgan fingerprint density at radius 1 is 0.976 bits per heavy atom. The van der Waals surface area contributed by atoms with Gasteiger partial charge < -0.3 is 9.84 Å². The molecule has 1 saturated heterocycles. The number of aliphatic hydroxyl groups is 1. The Kier molecular flexibility index (Phi) is 6.66. The third-order valence-corrected chi connectivity index (χ3v) is 8.67. The van der Waals surface area contributed by atoms with Gasteiger partial charge in [0.2, 0.25) is 11.8 Å². The summed E-state index contributed by atoms with van der Waals surface area (Å²) in [6, 6.07) is 13.6. The average molecular weight is 552 g/mol. The van der Waals surface area contributed by atoms with Crippen molar-refractivity contribution in [1.82, 2.24) is 0 Å². The number of carbonyl (C=O) groups is 5. The number of aliphatic hydroxyl groups excluding tert-OH is 1. The minimum Gasteiger partial charge on any atom is -0.491 e. The third-order valence-electron chi connectivity index (χ3n) is 8.67. The number of carbonyl (C=O) groups excluding carboxylic acids is 5. The molecule has 41 heavy (non-hydrogen) atoms. The highest BCUT2D eigenvalue weighted by atomic mass is 16.5. The predicted molar refractivity (Wildman–Crippen MR) is 149 cm³/mol. The van der Waals surface area contributed by atoms with Crippen molar-refractivity contribution in [3.05, 3.63) is 94.1 Å². The molecule has 2 aromatic rings. The second-order valence-electron chi connectivity index (χ2n) is 11.0. The molecule has 4 aliphatic rings. The fourth-order valence-corrected chi connectivity index (χ4v) is 6.76. The van der Waals surface area contributed by atoms with E-state index in [9.17, 15) is 24.0 Å². The molecule has 2 amide bonds. The van der Waals surface area contributed by atoms with Gasteiger partial charge in [0, 0.05) is 28.2 Å². The smallest absolute Gasteiger partial charge is 0.238 e. The minimum absolute atomic E-state index is 0.112. The summed E-state index contributed by atoms with van der Waals surface area (Å²) in [5.41, 5.74) is 3.77. The normalized spacial score (nSPS) is 25.4. The Bertz CT molecular complexity index is 1590. The van der Waals surface area contributed by atoms with Gasteiger partial charge in [-0.15, -0.1) is 0 Å². The van der Waals surface area contributed by atoms with Gasteiger partial charge in [-0.05, 0) is 80.6 Å². The first-order chi connectivity index (χ1) is 19.7. The molecule has 0 spiro atoms. The maximum absolute atomic E-state index is 14.0. The van der Waals surface area contributed by atoms with E-state index < -0.39 is 23.7 Å². The number of ketones is 3. The maximum atomic E-state index is 14.0. The van der Waals surface area contributed by atoms with Crippen LogP contribution in [0.2, 0.25) is 0 Å². The van der Waals surface area contributed by atoms with Crippen LogP contribution in [0.5, 0.6) is 5.75 Å². The molecule has 208 valence electrons. The Hall–Kier alpha value is -4.43. The van der Waals surface area contributed by atoms with Crippen molar-refractivity contribution in [1.29, 1.82) is 0 Å². The molecule has 8 heteroatoms. The zero-order valence-corrected chi connectivity index (χ0v) is 22.8. The lowest BCUT2D eigenvalue weighted by molar-refractivity contribution is -0.123. The van der Waals surface area contributed by atoms with Crippen LogP contribution in [0, 0.1) is 17.8 Å². The van der Waals surface area contributed by atoms with Crippen molar-refractivity contribution in [3.63, 3.8) is 0 Å². The Morgan fingerprint density at radius 2 is 1.68 bits per heavy atom. The molecule has 0 aromatic heterocycles. The second-order valence-corrected chi connectivity index (χ2v) is 11.0. The van der Waals surface area contributed by atoms with E-state index in [0.29, 0.717) is 40.1 Å². The summed E-state index contributed by atoms with van der Waals surface area (Å²) in [5, 5.41) is 9.08. The zero-order chi connectivity index (χ0) is 29.0. The number of amides is 2. The SMILES string of the molecule is CC(=O)c1ccc(N2C(=O)[C@H]3[C@H](CC=C4[C@H](c5ccc(OCCO)cc5)C5=C(C[C@H]43)C(=O)C=C(C)C5=O)C2=O)cc1. The number of anilines is 1. The number of fused-ring (bicyclic) bond motifs is 3. The largest absolute Gasteiger partial charge is 0.491 e. The average Bonchev–Trinajstić information content (AvgIpc) is 3.23. The van der Waals surface area contributed by atoms with Gasteiger partial charge in [-0.1, -0.05) is 23.8 Å². The van der Waals surface area contributed by atoms with E-state index >= 15 is 0 Å². The molecule has 0 radical (unpaired) electrons. The number of benzene rings is 2. The van der Waals surface area contributed by atoms with Crippen molar-refractivity contribution in [2.24, 2.45) is 17.8 Å². The van der Waals surface area contributed by atoms with Gasteiger partial charge in [0.05, 0.1) is 24.1 Å². The van der Waals surface area contributed by atoms with Crippen LogP contribution in [-0.2, 0) is 19.2 Å². The first-order valence-corrected chi connectivity index (χ1v) is 13.7. The minimum atomic E-state index is -0.673. The van der Waals surface area contributed by atoms with Crippen LogP contribution in [0.25, 0.3) is 0 Å². The van der Waals surface area contributed by atoms with E-state index in [-0.39, 0.29) is 48.8 Å². The molecule has 1 heterocycles. The van der Waals surface area contributed by atoms with Gasteiger partial charge in [-0.3, -0.25) is 28.9 Å². The Labute approximate surface area is 237 Å². The highest BCUT2D eigenvalue weighted by molar-refractivity contribution is 6.25. The third kappa shape index (κ3) is 4.30. The van der Waals surface area contributed by atoms with Crippen molar-refractivity contribution < 1.29 is 33.8 Å². The molecule has 1 fully saturated rings. The number of rotatable bonds is 6. The molecular weight excluding hydrogens is 522 g/mol. The molecule has 0 saturated carbocycles. The van der Waals surface area contributed by atoms with Gasteiger partial charge in [0.15, 0.2) is 17.3 Å². The Balaban J connectivity index is 1.41. The van der Waals surface area contributed by atoms with Gasteiger partial charge in [-0.25, -0.2) is 0 Å². The lowest BCUT2D eigenvalue weighted by Gasteiger charge is -2.42. The summed E-state index contributed by atoms with van der Waals surface area (Å²) in [6.45, 7) is 3.12. The molecule has 6 rings (SSSR count). The van der Waals surface area contributed by atoms with Crippen LogP contribution < -0.4 is 9.64 Å². The number of imide groups is 1. The first kappa shape index (κ1) is 26.8. The molecule has 1 N–H and O–H groups in total. The first-order valence-electron chi connectivity index (χ1n) is 13.7. The second kappa shape index (κ2) is 10.2. The number of ether oxygens (including phenoxy) is 1. The molecule has 0 bridgehead atoms. The quantitative estimate of drug-likeness (QED) is 0.250. The van der Waals surface area contributed by atoms with Crippen LogP contribution >= 0.6 is 0 Å². The number of Topliss-reactive ketones (excluding diaryl/α,β-unsaturated/α-hetero) is 2. The molecular formula is C33H29NO7. The van der Waals surface area contributed by atoms with Gasteiger partial charge >= 0.3 is 0 Å². The van der Waals surface area contributed by atoms with Crippen molar-refractivity contribution >= 4 is 34.9 Å². The van der Waals surface area contributed by atoms with E-state index in [0.717, 1.165) is 11.1 Å². The van der Waals surface area contributed by atoms with E-state index in [1.54, 1.807) is 43.3 Å². The highest BCUT2D eigenvalue weighted by Gasteiger charge is 2.56. The van der Waals surface area contributed by atoms with Crippen LogP contribution in [0.15, 0.2) is 83.0 Å². The molecule has 2 aromatic carbocycles. The summed E-state index contributed by atoms with van der Waals surface area (Å²) in [5.74, 6) is -2.81. The standard InChI is InChI=1S/C33H29NO7/c1-17-15-27(37)26-16-25-23(28(30(26)31(17)38)20-5-9-22(10-6-20)41-14-13-35)11-12-24-29(25)33(40)34(32(24)39)21-7-3-19(4-8-21)18(2)36/h3-11,15,24-25,28-29,35H,12-14,16H2,1-2H3/t24-,25+,28-,29-/m0/s1. The molecule has 1 aliphatic heterocycles. The Morgan fingerprint density at radius 3 is 2.34 bits per heavy atom. The topological polar surface area (TPSA) is 118 Å². The predicted octanol–water partition coefficient (Wildman–Crippen LogP) is 3.89. The number of hydrogen-bond acceptors (Lipinski definition) is 7. The van der Waals surface area contributed by atoms with Crippen LogP contribution in [0.3, 0.4) is 0 Å². The lowest BCUT2D eigenvalue weighted by Crippen LogP contribution is -2.39. The van der Waals surface area contributed by atoms with E-state index in [1.807, 2.05) is 18.2 Å². The summed E-state index contributed by atoms with van der Waals surface area (Å²) in [6.07, 6.45) is 3.90. The van der Waals surface area contributed by atoms with E-state index in [2.05, 4.69) is 0 Å². The van der Waals surface area contributed by atoms with Crippen molar-refractivity contribution in [2.75, 3.05) is 18.1 Å². The van der Waals surface area contributed by atoms with E-state index in [4.69, 9.17) is 9.84 Å². The lowest BCUT2D eigenvalue weighted by atomic mass is 9.59. The van der Waals surface area contributed by atoms with Gasteiger partial charge in [0.25, 0.3) is 0 Å². The van der Waals surface area contributed by atoms with Crippen LogP contribution in [-0.4, -0.2) is 47.5 Å². The van der Waals surface area contributed by atoms with E-state index in [1.165, 1.54) is 17.9 Å². The summed E-state index contributed by atoms with van der Waals surface area (Å²) in [4.78, 5) is 67.3. The number of hydrogen-bond donors (Lipinski definition) is 1. The molecule has 4 atom stereocenters. The van der Waals surface area contributed by atoms with Gasteiger partial charge in [0.1, 0.15) is 12.4 Å². The molecule has 8 nitrogen and oxygen atoms in total. The molecule has 3 aliphatic carbocycles. The molecule has 0 unspecified atom stereocenters. The zero-order valence-electron chi connectivity index (χ0n) is 22.8. The highest BCUT2D eigenvalue weighted by Crippen LogP contribution is 2.55. The number of nitrogens with zero attached hydrogens (tertiary/aromatic N) is 1. The van der Waals surface area contributed by atoms with Crippen molar-refractivity contribution in [3.8, 4) is 5.75 Å². The van der Waals surface area contributed by atoms with Gasteiger partial charge in [-0.2, -0.15) is 0 Å². The summed E-state index contributed by atoms with van der Waals surface area (Å²) >= 11 is 0. The summed E-state index contributed by atoms with van der Waals surface area (Å²) in [7, 11) is 0. The van der Waals surface area contributed by atoms with Crippen molar-refractivity contribution in [2.45, 2.75) is 32.6 Å². The monoisotopic (exact) mass is 551 g/mol. The van der Waals surface area contributed by atoms with Crippen LogP contribution in [0.4, 0.5) is 5.69 Å². The van der Waals surface area contributed by atoms with Crippen LogP contribution in [0.1, 0.15) is 48.5 Å². The summed E-state index contributed by atoms with van der Waals surface area (Å²) < 4.78 is 5.51. The fourth-order valence-electron chi connectivity index (χ4n) is 6.76.